The molecule has 0 aliphatic heterocycles. The number of aliphatic hydroxyl groups excluding tert-OH is 1. The maximum Gasteiger partial charge on any atom is 0.320 e. The Morgan fingerprint density at radius 1 is 1.47 bits per heavy atom. The highest BCUT2D eigenvalue weighted by molar-refractivity contribution is 7.89. The molecule has 0 fully saturated rings. The summed E-state index contributed by atoms with van der Waals surface area (Å²) >= 11 is 0. The van der Waals surface area contributed by atoms with E-state index in [1.807, 2.05) is 0 Å². The van der Waals surface area contributed by atoms with E-state index in [1.165, 1.54) is 11.6 Å². The van der Waals surface area contributed by atoms with Crippen molar-refractivity contribution in [1.82, 2.24) is 14.9 Å². The van der Waals surface area contributed by atoms with Gasteiger partial charge in [0.05, 0.1) is 13.2 Å². The second-order valence-electron chi connectivity index (χ2n) is 3.68. The van der Waals surface area contributed by atoms with Gasteiger partial charge in [-0.15, -0.1) is 0 Å². The molecule has 1 aromatic rings. The van der Waals surface area contributed by atoms with Crippen LogP contribution in [0.15, 0.2) is 5.03 Å². The van der Waals surface area contributed by atoms with Crippen LogP contribution in [0.25, 0.3) is 0 Å². The fraction of sp³-hybridized carbons (Fsp3) is 0.625. The van der Waals surface area contributed by atoms with Gasteiger partial charge in [-0.05, 0) is 6.92 Å². The minimum absolute atomic E-state index is 0.118. The number of rotatable bonds is 6. The largest absolute Gasteiger partial charge is 0.392 e. The second-order valence-corrected chi connectivity index (χ2v) is 5.36. The summed E-state index contributed by atoms with van der Waals surface area (Å²) in [5.74, 6) is -4.49. The van der Waals surface area contributed by atoms with E-state index < -0.39 is 40.5 Å². The molecule has 0 bridgehead atoms. The molecule has 3 N–H and O–H groups in total. The van der Waals surface area contributed by atoms with E-state index in [9.17, 15) is 26.0 Å². The molecule has 6 nitrogen and oxygen atoms in total. The van der Waals surface area contributed by atoms with Crippen LogP contribution in [0.4, 0.5) is 17.6 Å². The average molecular weight is 305 g/mol. The number of hydrogen-bond donors (Lipinski definition) is 3. The van der Waals surface area contributed by atoms with Gasteiger partial charge in [-0.3, -0.25) is 5.10 Å². The van der Waals surface area contributed by atoms with Gasteiger partial charge in [-0.25, -0.2) is 21.9 Å². The van der Waals surface area contributed by atoms with Crippen molar-refractivity contribution in [2.24, 2.45) is 0 Å². The van der Waals surface area contributed by atoms with Crippen LogP contribution in [-0.2, 0) is 16.6 Å². The Balaban J connectivity index is 2.94. The summed E-state index contributed by atoms with van der Waals surface area (Å²) in [5, 5.41) is 13.8. The first-order valence-corrected chi connectivity index (χ1v) is 6.40. The normalized spacial score (nSPS) is 13.2. The SMILES string of the molecule is Cc1[nH]nc(S(=O)(=O)NCC(F)(F)C(F)F)c1CO. The lowest BCUT2D eigenvalue weighted by atomic mass is 10.3. The molecule has 0 saturated carbocycles. The van der Waals surface area contributed by atoms with Gasteiger partial charge in [-0.1, -0.05) is 0 Å². The van der Waals surface area contributed by atoms with Crippen LogP contribution in [0.5, 0.6) is 0 Å². The highest BCUT2D eigenvalue weighted by atomic mass is 32.2. The monoisotopic (exact) mass is 305 g/mol. The van der Waals surface area contributed by atoms with Gasteiger partial charge >= 0.3 is 12.3 Å². The van der Waals surface area contributed by atoms with Crippen LogP contribution in [0, 0.1) is 6.92 Å². The Bertz CT molecular complexity index is 543. The van der Waals surface area contributed by atoms with Crippen molar-refractivity contribution in [1.29, 1.82) is 0 Å². The van der Waals surface area contributed by atoms with Crippen LogP contribution in [0.1, 0.15) is 11.3 Å². The Morgan fingerprint density at radius 2 is 2.05 bits per heavy atom. The van der Waals surface area contributed by atoms with Gasteiger partial charge in [0.25, 0.3) is 10.0 Å². The number of H-pyrrole nitrogens is 1. The van der Waals surface area contributed by atoms with E-state index in [0.29, 0.717) is 0 Å². The standard InChI is InChI=1S/C8H11F4N3O3S/c1-4-5(2-16)6(15-14-4)19(17,18)13-3-8(11,12)7(9)10/h7,13,16H,2-3H2,1H3,(H,14,15). The predicted molar refractivity (Wildman–Crippen MR) is 55.4 cm³/mol. The summed E-state index contributed by atoms with van der Waals surface area (Å²) in [4.78, 5) is 0. The molecule has 0 aromatic carbocycles. The molecule has 1 heterocycles. The Hall–Kier alpha value is -1.20. The van der Waals surface area contributed by atoms with E-state index in [-0.39, 0.29) is 11.3 Å². The zero-order valence-corrected chi connectivity index (χ0v) is 10.4. The first-order chi connectivity index (χ1) is 8.62. The Labute approximate surface area is 105 Å². The van der Waals surface area contributed by atoms with Gasteiger partial charge in [0, 0.05) is 11.3 Å². The smallest absolute Gasteiger partial charge is 0.320 e. The lowest BCUT2D eigenvalue weighted by Gasteiger charge is -2.15. The van der Waals surface area contributed by atoms with Crippen molar-refractivity contribution in [2.75, 3.05) is 6.54 Å². The third kappa shape index (κ3) is 3.42. The van der Waals surface area contributed by atoms with Crippen molar-refractivity contribution >= 4 is 10.0 Å². The summed E-state index contributed by atoms with van der Waals surface area (Å²) < 4.78 is 73.6. The van der Waals surface area contributed by atoms with Crippen LogP contribution in [0.2, 0.25) is 0 Å². The number of hydrogen-bond acceptors (Lipinski definition) is 4. The van der Waals surface area contributed by atoms with Gasteiger partial charge in [0.2, 0.25) is 0 Å². The average Bonchev–Trinajstić information content (AvgIpc) is 2.68. The molecular formula is C8H11F4N3O3S. The lowest BCUT2D eigenvalue weighted by molar-refractivity contribution is -0.122. The predicted octanol–water partition coefficient (Wildman–Crippen LogP) is 0.389. The van der Waals surface area contributed by atoms with Gasteiger partial charge in [0.1, 0.15) is 0 Å². The van der Waals surface area contributed by atoms with Crippen LogP contribution in [-0.4, -0.2) is 42.6 Å². The quantitative estimate of drug-likeness (QED) is 0.663. The molecule has 0 atom stereocenters. The summed E-state index contributed by atoms with van der Waals surface area (Å²) in [5.41, 5.74) is 0.108. The second kappa shape index (κ2) is 5.43. The van der Waals surface area contributed by atoms with E-state index >= 15 is 0 Å². The number of nitrogens with zero attached hydrogens (tertiary/aromatic N) is 1. The first-order valence-electron chi connectivity index (χ1n) is 4.92. The van der Waals surface area contributed by atoms with Crippen molar-refractivity contribution in [2.45, 2.75) is 30.9 Å². The highest BCUT2D eigenvalue weighted by Crippen LogP contribution is 2.23. The van der Waals surface area contributed by atoms with E-state index in [0.717, 1.165) is 0 Å². The summed E-state index contributed by atoms with van der Waals surface area (Å²) in [6.45, 7) is -1.04. The van der Waals surface area contributed by atoms with Crippen LogP contribution >= 0.6 is 0 Å². The van der Waals surface area contributed by atoms with Crippen molar-refractivity contribution in [3.63, 3.8) is 0 Å². The molecule has 0 aliphatic rings. The van der Waals surface area contributed by atoms with Gasteiger partial charge in [0.15, 0.2) is 5.03 Å². The van der Waals surface area contributed by atoms with Crippen LogP contribution < -0.4 is 4.72 Å². The summed E-state index contributed by atoms with van der Waals surface area (Å²) in [6, 6.07) is 0. The molecule has 0 saturated heterocycles. The maximum absolute atomic E-state index is 12.6. The molecule has 0 aliphatic carbocycles. The number of aliphatic hydroxyl groups is 1. The summed E-state index contributed by atoms with van der Waals surface area (Å²) in [7, 11) is -4.51. The fourth-order valence-electron chi connectivity index (χ4n) is 1.18. The van der Waals surface area contributed by atoms with E-state index in [2.05, 4.69) is 10.2 Å². The highest BCUT2D eigenvalue weighted by Gasteiger charge is 2.42. The fourth-order valence-corrected chi connectivity index (χ4v) is 2.40. The zero-order valence-electron chi connectivity index (χ0n) is 9.62. The molecule has 1 rings (SSSR count). The van der Waals surface area contributed by atoms with Crippen molar-refractivity contribution < 1.29 is 31.1 Å². The Morgan fingerprint density at radius 3 is 2.53 bits per heavy atom. The zero-order chi connectivity index (χ0) is 14.8. The Kier molecular flexibility index (Phi) is 4.53. The minimum atomic E-state index is -4.51. The van der Waals surface area contributed by atoms with Crippen LogP contribution in [0.3, 0.4) is 0 Å². The number of sulfonamides is 1. The maximum atomic E-state index is 12.6. The van der Waals surface area contributed by atoms with E-state index in [4.69, 9.17) is 5.11 Å². The molecule has 0 unspecified atom stereocenters. The van der Waals surface area contributed by atoms with Gasteiger partial charge in [-0.2, -0.15) is 13.9 Å². The molecule has 0 spiro atoms. The van der Waals surface area contributed by atoms with Crippen molar-refractivity contribution in [3.8, 4) is 0 Å². The molecular weight excluding hydrogens is 294 g/mol. The number of aromatic amines is 1. The lowest BCUT2D eigenvalue weighted by Crippen LogP contribution is -2.41. The minimum Gasteiger partial charge on any atom is -0.392 e. The number of alkyl halides is 4. The third-order valence-electron chi connectivity index (χ3n) is 2.27. The number of nitrogens with one attached hydrogen (secondary N) is 2. The van der Waals surface area contributed by atoms with Crippen molar-refractivity contribution in [3.05, 3.63) is 11.3 Å². The number of halogens is 4. The number of aromatic nitrogens is 2. The molecule has 110 valence electrons. The molecule has 11 heteroatoms. The van der Waals surface area contributed by atoms with Gasteiger partial charge < -0.3 is 5.11 Å². The third-order valence-corrected chi connectivity index (χ3v) is 3.64. The molecule has 0 amide bonds. The van der Waals surface area contributed by atoms with E-state index in [1.54, 1.807) is 0 Å². The molecule has 19 heavy (non-hydrogen) atoms. The molecule has 0 radical (unpaired) electrons. The topological polar surface area (TPSA) is 95.1 Å². The molecule has 1 aromatic heterocycles. The number of aryl methyl sites for hydroxylation is 1. The first kappa shape index (κ1) is 15.9. The summed E-state index contributed by atoms with van der Waals surface area (Å²) in [6.07, 6.45) is -3.99.